The Kier molecular flexibility index (Phi) is 3.29. The Bertz CT molecular complexity index is 526. The zero-order valence-electron chi connectivity index (χ0n) is 8.84. The number of carbonyl (C=O) groups excluding carboxylic acids is 1. The van der Waals surface area contributed by atoms with Crippen molar-refractivity contribution in [3.8, 4) is 0 Å². The lowest BCUT2D eigenvalue weighted by Gasteiger charge is -2.02. The Labute approximate surface area is 95.9 Å². The first kappa shape index (κ1) is 11.1. The fourth-order valence-corrected chi connectivity index (χ4v) is 1.24. The second-order valence-electron chi connectivity index (χ2n) is 3.28. The molecule has 0 aliphatic heterocycles. The van der Waals surface area contributed by atoms with E-state index in [2.05, 4.69) is 20.4 Å². The first-order valence-corrected chi connectivity index (χ1v) is 4.98. The molecule has 2 rings (SSSR count). The van der Waals surface area contributed by atoms with E-state index >= 15 is 0 Å². The number of aromatic nitrogens is 3. The Hall–Kier alpha value is -2.44. The van der Waals surface area contributed by atoms with Gasteiger partial charge in [0.05, 0.1) is 5.56 Å². The highest BCUT2D eigenvalue weighted by Gasteiger charge is 2.05. The van der Waals surface area contributed by atoms with Crippen LogP contribution in [-0.2, 0) is 6.42 Å². The molecule has 7 nitrogen and oxygen atoms in total. The molecule has 2 aromatic heterocycles. The zero-order chi connectivity index (χ0) is 12.1. The minimum atomic E-state index is -0.263. The molecule has 0 saturated carbocycles. The maximum Gasteiger partial charge on any atom is 0.252 e. The van der Waals surface area contributed by atoms with Gasteiger partial charge < -0.3 is 14.8 Å². The van der Waals surface area contributed by atoms with Crippen LogP contribution in [0.5, 0.6) is 0 Å². The van der Waals surface area contributed by atoms with E-state index in [0.29, 0.717) is 24.4 Å². The fourth-order valence-electron chi connectivity index (χ4n) is 1.24. The molecule has 0 unspecified atom stereocenters. The van der Waals surface area contributed by atoms with Crippen LogP contribution in [0.25, 0.3) is 0 Å². The summed E-state index contributed by atoms with van der Waals surface area (Å²) in [6.07, 6.45) is 3.14. The average Bonchev–Trinajstić information content (AvgIpc) is 2.83. The van der Waals surface area contributed by atoms with Crippen molar-refractivity contribution in [2.24, 2.45) is 0 Å². The van der Waals surface area contributed by atoms with Gasteiger partial charge in [-0.25, -0.2) is 0 Å². The topological polar surface area (TPSA) is 101 Å². The van der Waals surface area contributed by atoms with E-state index in [1.165, 1.54) is 24.7 Å². The molecular formula is C10H10N4O3. The largest absolute Gasteiger partial charge is 0.351 e. The molecule has 0 bridgehead atoms. The Morgan fingerprint density at radius 1 is 1.47 bits per heavy atom. The minimum absolute atomic E-state index is 0.243. The summed E-state index contributed by atoms with van der Waals surface area (Å²) in [4.78, 5) is 28.6. The van der Waals surface area contributed by atoms with Gasteiger partial charge in [0.25, 0.3) is 5.91 Å². The molecule has 0 radical (unpaired) electrons. The van der Waals surface area contributed by atoms with Gasteiger partial charge in [0, 0.05) is 25.2 Å². The molecule has 0 fully saturated rings. The number of hydrogen-bond acceptors (Lipinski definition) is 5. The third-order valence-electron chi connectivity index (χ3n) is 2.08. The standard InChI is InChI=1S/C10H10N4O3/c15-8-2-1-7(5-12-8)10(16)11-4-3-9-13-6-14-17-9/h1-2,5-6H,3-4H2,(H,11,16)(H,12,15). The minimum Gasteiger partial charge on any atom is -0.351 e. The number of pyridine rings is 1. The third-order valence-corrected chi connectivity index (χ3v) is 2.08. The van der Waals surface area contributed by atoms with Gasteiger partial charge in [-0.1, -0.05) is 5.16 Å². The van der Waals surface area contributed by atoms with Crippen LogP contribution in [0.4, 0.5) is 0 Å². The Balaban J connectivity index is 1.85. The quantitative estimate of drug-likeness (QED) is 0.758. The maximum absolute atomic E-state index is 11.6. The number of carbonyl (C=O) groups is 1. The number of H-pyrrole nitrogens is 1. The normalized spacial score (nSPS) is 10.1. The predicted molar refractivity (Wildman–Crippen MR) is 57.4 cm³/mol. The van der Waals surface area contributed by atoms with E-state index in [1.807, 2.05) is 0 Å². The van der Waals surface area contributed by atoms with Gasteiger partial charge in [0.2, 0.25) is 11.4 Å². The van der Waals surface area contributed by atoms with Crippen molar-refractivity contribution in [3.05, 3.63) is 46.5 Å². The van der Waals surface area contributed by atoms with Crippen LogP contribution in [0.15, 0.2) is 34.0 Å². The van der Waals surface area contributed by atoms with E-state index in [9.17, 15) is 9.59 Å². The molecular weight excluding hydrogens is 224 g/mol. The van der Waals surface area contributed by atoms with Crippen molar-refractivity contribution in [3.63, 3.8) is 0 Å². The van der Waals surface area contributed by atoms with Gasteiger partial charge in [0.15, 0.2) is 6.33 Å². The van der Waals surface area contributed by atoms with Gasteiger partial charge in [-0.3, -0.25) is 9.59 Å². The average molecular weight is 234 g/mol. The SMILES string of the molecule is O=C(NCCc1ncno1)c1ccc(=O)[nH]c1. The van der Waals surface area contributed by atoms with E-state index in [4.69, 9.17) is 4.52 Å². The Morgan fingerprint density at radius 3 is 3.00 bits per heavy atom. The molecule has 2 aromatic rings. The summed E-state index contributed by atoms with van der Waals surface area (Å²) < 4.78 is 4.78. The van der Waals surface area contributed by atoms with Crippen LogP contribution in [-0.4, -0.2) is 27.6 Å². The van der Waals surface area contributed by atoms with Crippen molar-refractivity contribution < 1.29 is 9.32 Å². The van der Waals surface area contributed by atoms with Crippen LogP contribution in [0, 0.1) is 0 Å². The number of rotatable bonds is 4. The lowest BCUT2D eigenvalue weighted by atomic mass is 10.2. The first-order valence-electron chi connectivity index (χ1n) is 4.98. The molecule has 17 heavy (non-hydrogen) atoms. The number of nitrogens with zero attached hydrogens (tertiary/aromatic N) is 2. The van der Waals surface area contributed by atoms with Crippen molar-refractivity contribution >= 4 is 5.91 Å². The molecule has 0 aliphatic rings. The molecule has 0 saturated heterocycles. The summed E-state index contributed by atoms with van der Waals surface area (Å²) in [5.74, 6) is 0.201. The summed E-state index contributed by atoms with van der Waals surface area (Å²) >= 11 is 0. The number of aromatic amines is 1. The monoisotopic (exact) mass is 234 g/mol. The Morgan fingerprint density at radius 2 is 2.35 bits per heavy atom. The molecule has 88 valence electrons. The molecule has 7 heteroatoms. The molecule has 0 spiro atoms. The second kappa shape index (κ2) is 5.06. The van der Waals surface area contributed by atoms with Crippen molar-refractivity contribution in [2.45, 2.75) is 6.42 Å². The highest BCUT2D eigenvalue weighted by molar-refractivity contribution is 5.93. The molecule has 0 atom stereocenters. The van der Waals surface area contributed by atoms with Gasteiger partial charge in [0.1, 0.15) is 0 Å². The van der Waals surface area contributed by atoms with E-state index in [1.54, 1.807) is 0 Å². The molecule has 2 N–H and O–H groups in total. The summed E-state index contributed by atoms with van der Waals surface area (Å²) in [7, 11) is 0. The fraction of sp³-hybridized carbons (Fsp3) is 0.200. The van der Waals surface area contributed by atoms with Gasteiger partial charge in [-0.2, -0.15) is 4.98 Å². The first-order chi connectivity index (χ1) is 8.25. The highest BCUT2D eigenvalue weighted by atomic mass is 16.5. The third kappa shape index (κ3) is 3.00. The van der Waals surface area contributed by atoms with Gasteiger partial charge >= 0.3 is 0 Å². The lowest BCUT2D eigenvalue weighted by molar-refractivity contribution is 0.0953. The number of hydrogen-bond donors (Lipinski definition) is 2. The summed E-state index contributed by atoms with van der Waals surface area (Å²) in [6, 6.07) is 2.76. The van der Waals surface area contributed by atoms with Gasteiger partial charge in [-0.15, -0.1) is 0 Å². The smallest absolute Gasteiger partial charge is 0.252 e. The van der Waals surface area contributed by atoms with Crippen molar-refractivity contribution in [2.75, 3.05) is 6.54 Å². The van der Waals surface area contributed by atoms with Gasteiger partial charge in [-0.05, 0) is 6.07 Å². The van der Waals surface area contributed by atoms with E-state index in [-0.39, 0.29) is 11.5 Å². The number of nitrogens with one attached hydrogen (secondary N) is 2. The second-order valence-corrected chi connectivity index (χ2v) is 3.28. The van der Waals surface area contributed by atoms with Crippen LogP contribution >= 0.6 is 0 Å². The molecule has 0 aromatic carbocycles. The molecule has 2 heterocycles. The zero-order valence-corrected chi connectivity index (χ0v) is 8.84. The lowest BCUT2D eigenvalue weighted by Crippen LogP contribution is -2.26. The van der Waals surface area contributed by atoms with Crippen molar-refractivity contribution in [1.29, 1.82) is 0 Å². The van der Waals surface area contributed by atoms with Crippen LogP contribution in [0.1, 0.15) is 16.2 Å². The molecule has 1 amide bonds. The summed E-state index contributed by atoms with van der Waals surface area (Å²) in [5, 5.41) is 6.12. The molecule has 0 aliphatic carbocycles. The van der Waals surface area contributed by atoms with Crippen LogP contribution < -0.4 is 10.9 Å². The maximum atomic E-state index is 11.6. The van der Waals surface area contributed by atoms with E-state index < -0.39 is 0 Å². The number of amides is 1. The summed E-state index contributed by atoms with van der Waals surface area (Å²) in [6.45, 7) is 0.389. The van der Waals surface area contributed by atoms with Crippen LogP contribution in [0.2, 0.25) is 0 Å². The van der Waals surface area contributed by atoms with Crippen LogP contribution in [0.3, 0.4) is 0 Å². The van der Waals surface area contributed by atoms with Crippen molar-refractivity contribution in [1.82, 2.24) is 20.4 Å². The highest BCUT2D eigenvalue weighted by Crippen LogP contribution is 1.94. The predicted octanol–water partition coefficient (Wildman–Crippen LogP) is -0.270. The van der Waals surface area contributed by atoms with E-state index in [0.717, 1.165) is 0 Å². The summed E-state index contributed by atoms with van der Waals surface area (Å²) in [5.41, 5.74) is 0.155.